The van der Waals surface area contributed by atoms with Gasteiger partial charge in [0.05, 0.1) is 5.56 Å². The van der Waals surface area contributed by atoms with Crippen molar-refractivity contribution in [2.75, 3.05) is 5.32 Å². The largest absolute Gasteiger partial charge is 0.508 e. The van der Waals surface area contributed by atoms with Crippen LogP contribution in [0.1, 0.15) is 39.3 Å². The van der Waals surface area contributed by atoms with Crippen molar-refractivity contribution in [1.82, 2.24) is 0 Å². The van der Waals surface area contributed by atoms with E-state index >= 15 is 0 Å². The van der Waals surface area contributed by atoms with E-state index in [9.17, 15) is 19.5 Å². The Bertz CT molecular complexity index is 1050. The van der Waals surface area contributed by atoms with E-state index in [-0.39, 0.29) is 17.1 Å². The molecule has 0 aromatic heterocycles. The summed E-state index contributed by atoms with van der Waals surface area (Å²) in [7, 11) is 0. The fourth-order valence-corrected chi connectivity index (χ4v) is 2.73. The lowest BCUT2D eigenvalue weighted by atomic mass is 10.1. The first-order valence-corrected chi connectivity index (χ1v) is 8.91. The fraction of sp³-hybridized carbons (Fsp3) is 0.0870. The second-order valence-corrected chi connectivity index (χ2v) is 6.37. The minimum Gasteiger partial charge on any atom is -0.508 e. The van der Waals surface area contributed by atoms with Gasteiger partial charge in [0.25, 0.3) is 5.91 Å². The number of carbonyl (C=O) groups is 3. The third-order valence-corrected chi connectivity index (χ3v) is 4.18. The summed E-state index contributed by atoms with van der Waals surface area (Å²) in [5, 5.41) is 12.3. The van der Waals surface area contributed by atoms with Crippen LogP contribution in [-0.4, -0.2) is 22.8 Å². The summed E-state index contributed by atoms with van der Waals surface area (Å²) in [5.74, 6) is -1.52. The standard InChI is InChI=1S/C23H19NO5/c1-15(25)17-9-5-11-19(13-17)24-22(27)21(16-7-3-2-4-8-16)29-23(28)18-10-6-12-20(26)14-18/h2-14,21,26H,1H3,(H,24,27)/t21-/m0/s1. The van der Waals surface area contributed by atoms with Gasteiger partial charge in [0, 0.05) is 16.8 Å². The van der Waals surface area contributed by atoms with E-state index in [0.717, 1.165) is 0 Å². The van der Waals surface area contributed by atoms with Crippen LogP contribution in [0, 0.1) is 0 Å². The van der Waals surface area contributed by atoms with Gasteiger partial charge < -0.3 is 15.2 Å². The Labute approximate surface area is 167 Å². The van der Waals surface area contributed by atoms with Crippen molar-refractivity contribution in [3.8, 4) is 5.75 Å². The molecule has 1 amide bonds. The number of phenolic OH excluding ortho intramolecular Hbond substituents is 1. The van der Waals surface area contributed by atoms with Crippen LogP contribution in [0.2, 0.25) is 0 Å². The average Bonchev–Trinajstić information content (AvgIpc) is 2.72. The maximum Gasteiger partial charge on any atom is 0.339 e. The molecule has 6 nitrogen and oxygen atoms in total. The number of hydrogen-bond acceptors (Lipinski definition) is 5. The third kappa shape index (κ3) is 5.07. The second kappa shape index (κ2) is 8.84. The Balaban J connectivity index is 1.85. The highest BCUT2D eigenvalue weighted by Gasteiger charge is 2.26. The van der Waals surface area contributed by atoms with Crippen LogP contribution in [0.3, 0.4) is 0 Å². The minimum atomic E-state index is -1.22. The number of phenols is 1. The van der Waals surface area contributed by atoms with Crippen molar-refractivity contribution in [2.45, 2.75) is 13.0 Å². The molecule has 0 fully saturated rings. The quantitative estimate of drug-likeness (QED) is 0.488. The van der Waals surface area contributed by atoms with Crippen LogP contribution >= 0.6 is 0 Å². The summed E-state index contributed by atoms with van der Waals surface area (Å²) in [6.45, 7) is 1.44. The van der Waals surface area contributed by atoms with Gasteiger partial charge in [-0.05, 0) is 37.3 Å². The molecule has 0 bridgehead atoms. The first kappa shape index (κ1) is 19.8. The zero-order valence-electron chi connectivity index (χ0n) is 15.7. The molecule has 0 unspecified atom stereocenters. The number of benzene rings is 3. The normalized spacial score (nSPS) is 11.3. The van der Waals surface area contributed by atoms with Gasteiger partial charge >= 0.3 is 5.97 Å². The van der Waals surface area contributed by atoms with Crippen LogP contribution in [0.4, 0.5) is 5.69 Å². The molecule has 0 saturated carbocycles. The summed E-state index contributed by atoms with van der Waals surface area (Å²) in [6.07, 6.45) is -1.22. The van der Waals surface area contributed by atoms with Crippen molar-refractivity contribution in [1.29, 1.82) is 0 Å². The van der Waals surface area contributed by atoms with Gasteiger partial charge in [-0.1, -0.05) is 48.5 Å². The highest BCUT2D eigenvalue weighted by atomic mass is 16.5. The molecule has 0 radical (unpaired) electrons. The van der Waals surface area contributed by atoms with Gasteiger partial charge in [-0.2, -0.15) is 0 Å². The molecule has 146 valence electrons. The molecule has 0 spiro atoms. The van der Waals surface area contributed by atoms with E-state index in [0.29, 0.717) is 16.8 Å². The van der Waals surface area contributed by atoms with Crippen molar-refractivity contribution >= 4 is 23.3 Å². The number of esters is 1. The van der Waals surface area contributed by atoms with Crippen LogP contribution in [0.25, 0.3) is 0 Å². The van der Waals surface area contributed by atoms with Gasteiger partial charge in [-0.25, -0.2) is 4.79 Å². The third-order valence-electron chi connectivity index (χ3n) is 4.18. The molecule has 0 heterocycles. The molecule has 3 rings (SSSR count). The first-order chi connectivity index (χ1) is 13.9. The molecular weight excluding hydrogens is 370 g/mol. The molecule has 3 aromatic rings. The van der Waals surface area contributed by atoms with Crippen LogP contribution in [0.5, 0.6) is 5.75 Å². The van der Waals surface area contributed by atoms with Gasteiger partial charge in [-0.3, -0.25) is 9.59 Å². The molecule has 3 aromatic carbocycles. The number of rotatable bonds is 6. The number of amides is 1. The predicted octanol–water partition coefficient (Wildman–Crippen LogP) is 4.13. The molecule has 1 atom stereocenters. The van der Waals surface area contributed by atoms with Crippen molar-refractivity contribution in [3.63, 3.8) is 0 Å². The molecule has 0 aliphatic heterocycles. The Morgan fingerprint density at radius 1 is 0.862 bits per heavy atom. The zero-order chi connectivity index (χ0) is 20.8. The number of Topliss-reactive ketones (excluding diaryl/α,β-unsaturated/α-hetero) is 1. The summed E-state index contributed by atoms with van der Waals surface area (Å²) in [5.41, 5.74) is 1.48. The van der Waals surface area contributed by atoms with Crippen LogP contribution in [-0.2, 0) is 9.53 Å². The SMILES string of the molecule is CC(=O)c1cccc(NC(=O)[C@@H](OC(=O)c2cccc(O)c2)c2ccccc2)c1. The molecule has 2 N–H and O–H groups in total. The molecule has 0 aliphatic rings. The lowest BCUT2D eigenvalue weighted by molar-refractivity contribution is -0.125. The topological polar surface area (TPSA) is 92.7 Å². The number of ketones is 1. The van der Waals surface area contributed by atoms with Gasteiger partial charge in [0.1, 0.15) is 5.75 Å². The Morgan fingerprint density at radius 2 is 1.55 bits per heavy atom. The van der Waals surface area contributed by atoms with Gasteiger partial charge in [0.2, 0.25) is 6.10 Å². The van der Waals surface area contributed by atoms with Crippen LogP contribution < -0.4 is 5.32 Å². The van der Waals surface area contributed by atoms with Crippen molar-refractivity contribution in [2.24, 2.45) is 0 Å². The smallest absolute Gasteiger partial charge is 0.339 e. The number of aromatic hydroxyl groups is 1. The van der Waals surface area contributed by atoms with E-state index in [1.807, 2.05) is 0 Å². The predicted molar refractivity (Wildman–Crippen MR) is 108 cm³/mol. The van der Waals surface area contributed by atoms with E-state index in [4.69, 9.17) is 4.74 Å². The molecule has 0 aliphatic carbocycles. The Morgan fingerprint density at radius 3 is 2.24 bits per heavy atom. The molecule has 29 heavy (non-hydrogen) atoms. The highest BCUT2D eigenvalue weighted by Crippen LogP contribution is 2.23. The number of carbonyl (C=O) groups excluding carboxylic acids is 3. The summed E-state index contributed by atoms with van der Waals surface area (Å²) < 4.78 is 5.46. The maximum atomic E-state index is 12.9. The van der Waals surface area contributed by atoms with Crippen LogP contribution in [0.15, 0.2) is 78.9 Å². The van der Waals surface area contributed by atoms with E-state index in [1.54, 1.807) is 54.6 Å². The van der Waals surface area contributed by atoms with Gasteiger partial charge in [-0.15, -0.1) is 0 Å². The maximum absolute atomic E-state index is 12.9. The minimum absolute atomic E-state index is 0.0822. The number of nitrogens with one attached hydrogen (secondary N) is 1. The molecular formula is C23H19NO5. The number of ether oxygens (including phenoxy) is 1. The monoisotopic (exact) mass is 389 g/mol. The lowest BCUT2D eigenvalue weighted by Gasteiger charge is -2.18. The second-order valence-electron chi connectivity index (χ2n) is 6.37. The fourth-order valence-electron chi connectivity index (χ4n) is 2.73. The number of anilines is 1. The van der Waals surface area contributed by atoms with E-state index < -0.39 is 18.0 Å². The van der Waals surface area contributed by atoms with E-state index in [1.165, 1.54) is 31.2 Å². The highest BCUT2D eigenvalue weighted by molar-refractivity contribution is 6.00. The summed E-state index contributed by atoms with van der Waals surface area (Å²) >= 11 is 0. The van der Waals surface area contributed by atoms with Crippen molar-refractivity contribution < 1.29 is 24.2 Å². The Kier molecular flexibility index (Phi) is 6.04. The van der Waals surface area contributed by atoms with Crippen molar-refractivity contribution in [3.05, 3.63) is 95.6 Å². The zero-order valence-corrected chi connectivity index (χ0v) is 15.7. The molecule has 6 heteroatoms. The number of hydrogen-bond donors (Lipinski definition) is 2. The lowest BCUT2D eigenvalue weighted by Crippen LogP contribution is -2.26. The van der Waals surface area contributed by atoms with E-state index in [2.05, 4.69) is 5.32 Å². The average molecular weight is 389 g/mol. The van der Waals surface area contributed by atoms with Gasteiger partial charge in [0.15, 0.2) is 5.78 Å². The summed E-state index contributed by atoms with van der Waals surface area (Å²) in [6, 6.07) is 20.8. The first-order valence-electron chi connectivity index (χ1n) is 8.91. The molecule has 0 saturated heterocycles. The Hall–Kier alpha value is -3.93. The summed E-state index contributed by atoms with van der Waals surface area (Å²) in [4.78, 5) is 37.0.